The Kier molecular flexibility index (Phi) is 4.87. The van der Waals surface area contributed by atoms with E-state index in [4.69, 9.17) is 0 Å². The van der Waals surface area contributed by atoms with Crippen LogP contribution in [0.1, 0.15) is 5.56 Å². The highest BCUT2D eigenvalue weighted by Crippen LogP contribution is 2.19. The van der Waals surface area contributed by atoms with Gasteiger partial charge in [-0.2, -0.15) is 0 Å². The second kappa shape index (κ2) is 7.42. The topological polar surface area (TPSA) is 51.1 Å². The van der Waals surface area contributed by atoms with Gasteiger partial charge in [-0.3, -0.25) is 9.59 Å². The van der Waals surface area contributed by atoms with E-state index in [1.807, 2.05) is 42.5 Å². The molecule has 120 valence electrons. The summed E-state index contributed by atoms with van der Waals surface area (Å²) in [5.74, 6) is -0.185. The van der Waals surface area contributed by atoms with Crippen LogP contribution in [0.3, 0.4) is 0 Å². The molecule has 0 aliphatic rings. The summed E-state index contributed by atoms with van der Waals surface area (Å²) in [5.41, 5.74) is 3.14. The molecule has 3 aromatic rings. The lowest BCUT2D eigenvalue weighted by Crippen LogP contribution is -2.31. The molecule has 0 unspecified atom stereocenters. The van der Waals surface area contributed by atoms with Crippen LogP contribution in [0.4, 0.5) is 0 Å². The summed E-state index contributed by atoms with van der Waals surface area (Å²) < 4.78 is 1.38. The van der Waals surface area contributed by atoms with E-state index in [2.05, 4.69) is 17.4 Å². The second-order valence-electron chi connectivity index (χ2n) is 5.51. The molecule has 1 N–H and O–H groups in total. The van der Waals surface area contributed by atoms with Crippen molar-refractivity contribution in [2.75, 3.05) is 0 Å². The van der Waals surface area contributed by atoms with Crippen LogP contribution in [0.25, 0.3) is 11.1 Å². The molecule has 1 aromatic heterocycles. The average molecular weight is 318 g/mol. The van der Waals surface area contributed by atoms with Crippen molar-refractivity contribution in [3.05, 3.63) is 94.9 Å². The number of amides is 1. The third-order valence-electron chi connectivity index (χ3n) is 3.76. The van der Waals surface area contributed by atoms with Gasteiger partial charge in [0.15, 0.2) is 0 Å². The summed E-state index contributed by atoms with van der Waals surface area (Å²) in [4.78, 5) is 23.5. The molecular formula is C20H18N2O2. The highest BCUT2D eigenvalue weighted by atomic mass is 16.2. The molecule has 0 bridgehead atoms. The number of carbonyl (C=O) groups is 1. The van der Waals surface area contributed by atoms with E-state index < -0.39 is 0 Å². The Morgan fingerprint density at radius 2 is 1.50 bits per heavy atom. The molecule has 0 aliphatic carbocycles. The van der Waals surface area contributed by atoms with Crippen LogP contribution in [0, 0.1) is 0 Å². The van der Waals surface area contributed by atoms with E-state index in [1.165, 1.54) is 10.6 Å². The lowest BCUT2D eigenvalue weighted by Gasteiger charge is -2.08. The number of rotatable bonds is 5. The van der Waals surface area contributed by atoms with Crippen molar-refractivity contribution in [3.8, 4) is 11.1 Å². The van der Waals surface area contributed by atoms with Crippen LogP contribution >= 0.6 is 0 Å². The first-order valence-corrected chi connectivity index (χ1v) is 7.79. The fourth-order valence-electron chi connectivity index (χ4n) is 2.45. The Morgan fingerprint density at radius 3 is 2.21 bits per heavy atom. The number of nitrogens with zero attached hydrogens (tertiary/aromatic N) is 1. The van der Waals surface area contributed by atoms with Gasteiger partial charge in [0.05, 0.1) is 0 Å². The van der Waals surface area contributed by atoms with Crippen molar-refractivity contribution >= 4 is 5.91 Å². The molecule has 24 heavy (non-hydrogen) atoms. The van der Waals surface area contributed by atoms with Crippen LogP contribution in [0.5, 0.6) is 0 Å². The molecule has 1 amide bonds. The first-order valence-electron chi connectivity index (χ1n) is 7.79. The Bertz CT molecular complexity index is 868. The van der Waals surface area contributed by atoms with Crippen LogP contribution in [-0.4, -0.2) is 10.5 Å². The van der Waals surface area contributed by atoms with Crippen molar-refractivity contribution in [1.29, 1.82) is 0 Å². The van der Waals surface area contributed by atoms with Gasteiger partial charge in [-0.15, -0.1) is 0 Å². The SMILES string of the molecule is O=C(Cn1ccccc1=O)NCc1ccc(-c2ccccc2)cc1. The Morgan fingerprint density at radius 1 is 0.833 bits per heavy atom. The maximum Gasteiger partial charge on any atom is 0.250 e. The van der Waals surface area contributed by atoms with Gasteiger partial charge in [-0.25, -0.2) is 0 Å². The van der Waals surface area contributed by atoms with Gasteiger partial charge in [0.1, 0.15) is 6.54 Å². The zero-order chi connectivity index (χ0) is 16.8. The maximum absolute atomic E-state index is 12.0. The van der Waals surface area contributed by atoms with E-state index in [-0.39, 0.29) is 18.0 Å². The number of aromatic nitrogens is 1. The molecule has 3 rings (SSSR count). The monoisotopic (exact) mass is 318 g/mol. The molecule has 0 atom stereocenters. The summed E-state index contributed by atoms with van der Waals surface area (Å²) in [7, 11) is 0. The maximum atomic E-state index is 12.0. The molecule has 1 heterocycles. The summed E-state index contributed by atoms with van der Waals surface area (Å²) >= 11 is 0. The Balaban J connectivity index is 1.58. The third kappa shape index (κ3) is 3.98. The molecule has 0 saturated carbocycles. The fraction of sp³-hybridized carbons (Fsp3) is 0.100. The molecule has 0 aliphatic heterocycles. The minimum absolute atomic E-state index is 0.0295. The van der Waals surface area contributed by atoms with Gasteiger partial charge in [-0.1, -0.05) is 60.7 Å². The summed E-state index contributed by atoms with van der Waals surface area (Å²) in [5, 5.41) is 2.84. The molecule has 2 aromatic carbocycles. The molecule has 0 radical (unpaired) electrons. The molecule has 0 saturated heterocycles. The number of nitrogens with one attached hydrogen (secondary N) is 1. The van der Waals surface area contributed by atoms with Gasteiger partial charge < -0.3 is 9.88 Å². The average Bonchev–Trinajstić information content (AvgIpc) is 2.63. The Hall–Kier alpha value is -3.14. The number of carbonyl (C=O) groups excluding carboxylic acids is 1. The zero-order valence-electron chi connectivity index (χ0n) is 13.2. The normalized spacial score (nSPS) is 10.3. The van der Waals surface area contributed by atoms with Crippen molar-refractivity contribution in [1.82, 2.24) is 9.88 Å². The van der Waals surface area contributed by atoms with Crippen LogP contribution in [-0.2, 0) is 17.9 Å². The summed E-state index contributed by atoms with van der Waals surface area (Å²) in [6.45, 7) is 0.470. The minimum Gasteiger partial charge on any atom is -0.350 e. The predicted molar refractivity (Wildman–Crippen MR) is 94.4 cm³/mol. The lowest BCUT2D eigenvalue weighted by atomic mass is 10.0. The van der Waals surface area contributed by atoms with E-state index in [1.54, 1.807) is 18.3 Å². The number of pyridine rings is 1. The van der Waals surface area contributed by atoms with E-state index in [0.29, 0.717) is 6.54 Å². The smallest absolute Gasteiger partial charge is 0.250 e. The summed E-state index contributed by atoms with van der Waals surface area (Å²) in [6.07, 6.45) is 1.61. The quantitative estimate of drug-likeness (QED) is 0.786. The number of benzene rings is 2. The Labute approximate surface area is 140 Å². The lowest BCUT2D eigenvalue weighted by molar-refractivity contribution is -0.121. The molecule has 0 fully saturated rings. The fourth-order valence-corrected chi connectivity index (χ4v) is 2.45. The minimum atomic E-state index is -0.185. The largest absolute Gasteiger partial charge is 0.350 e. The van der Waals surface area contributed by atoms with Crippen LogP contribution < -0.4 is 10.9 Å². The van der Waals surface area contributed by atoms with Crippen molar-refractivity contribution in [2.45, 2.75) is 13.1 Å². The van der Waals surface area contributed by atoms with E-state index >= 15 is 0 Å². The highest BCUT2D eigenvalue weighted by Gasteiger charge is 2.04. The molecule has 4 nitrogen and oxygen atoms in total. The van der Waals surface area contributed by atoms with Gasteiger partial charge in [0, 0.05) is 18.8 Å². The molecule has 0 spiro atoms. The number of hydrogen-bond donors (Lipinski definition) is 1. The van der Waals surface area contributed by atoms with Crippen LogP contribution in [0.2, 0.25) is 0 Å². The second-order valence-corrected chi connectivity index (χ2v) is 5.51. The van der Waals surface area contributed by atoms with E-state index in [0.717, 1.165) is 16.7 Å². The standard InChI is InChI=1S/C20H18N2O2/c23-19(15-22-13-5-4-8-20(22)24)21-14-16-9-11-18(12-10-16)17-6-2-1-3-7-17/h1-13H,14-15H2,(H,21,23). The van der Waals surface area contributed by atoms with Gasteiger partial charge >= 0.3 is 0 Å². The van der Waals surface area contributed by atoms with Crippen molar-refractivity contribution in [2.24, 2.45) is 0 Å². The van der Waals surface area contributed by atoms with Gasteiger partial charge in [0.25, 0.3) is 5.56 Å². The first kappa shape index (κ1) is 15.7. The van der Waals surface area contributed by atoms with Crippen molar-refractivity contribution < 1.29 is 4.79 Å². The first-order chi connectivity index (χ1) is 11.7. The zero-order valence-corrected chi connectivity index (χ0v) is 13.2. The summed E-state index contributed by atoms with van der Waals surface area (Å²) in [6, 6.07) is 23.0. The van der Waals surface area contributed by atoms with Crippen molar-refractivity contribution in [3.63, 3.8) is 0 Å². The van der Waals surface area contributed by atoms with Gasteiger partial charge in [-0.05, 0) is 22.8 Å². The molecule has 4 heteroatoms. The predicted octanol–water partition coefficient (Wildman–Crippen LogP) is 2.83. The number of hydrogen-bond acceptors (Lipinski definition) is 2. The highest BCUT2D eigenvalue weighted by molar-refractivity contribution is 5.75. The van der Waals surface area contributed by atoms with E-state index in [9.17, 15) is 9.59 Å². The van der Waals surface area contributed by atoms with Gasteiger partial charge in [0.2, 0.25) is 5.91 Å². The molecular weight excluding hydrogens is 300 g/mol. The third-order valence-corrected chi connectivity index (χ3v) is 3.76. The van der Waals surface area contributed by atoms with Crippen LogP contribution in [0.15, 0.2) is 83.8 Å².